The molecule has 124 valence electrons. The Balaban J connectivity index is 2.50. The van der Waals surface area contributed by atoms with Gasteiger partial charge in [-0.25, -0.2) is 12.8 Å². The van der Waals surface area contributed by atoms with E-state index in [2.05, 4.69) is 4.72 Å². The molecule has 0 aliphatic rings. The highest BCUT2D eigenvalue weighted by molar-refractivity contribution is 7.92. The zero-order chi connectivity index (χ0) is 17.2. The van der Waals surface area contributed by atoms with E-state index in [0.717, 1.165) is 12.1 Å². The maximum atomic E-state index is 14.1. The number of benzene rings is 2. The molecule has 23 heavy (non-hydrogen) atoms. The molecule has 1 N–H and O–H groups in total. The van der Waals surface area contributed by atoms with Crippen LogP contribution in [0, 0.1) is 12.7 Å². The average molecular weight is 360 g/mol. The number of halogens is 2. The number of hydrogen-bond donors (Lipinski definition) is 1. The van der Waals surface area contributed by atoms with Crippen LogP contribution in [0.3, 0.4) is 0 Å². The zero-order valence-corrected chi connectivity index (χ0v) is 14.3. The number of anilines is 1. The molecular formula is C15H15ClFNO4S. The van der Waals surface area contributed by atoms with E-state index in [-0.39, 0.29) is 22.2 Å². The SMILES string of the molecule is COc1cc(F)c(S(=O)(=O)Nc2cccc(C)c2Cl)cc1OC. The molecule has 0 saturated carbocycles. The van der Waals surface area contributed by atoms with Crippen LogP contribution >= 0.6 is 11.6 Å². The summed E-state index contributed by atoms with van der Waals surface area (Å²) in [5, 5.41) is 0.247. The number of ether oxygens (including phenoxy) is 2. The van der Waals surface area contributed by atoms with Crippen molar-refractivity contribution in [1.29, 1.82) is 0 Å². The largest absolute Gasteiger partial charge is 0.493 e. The Morgan fingerprint density at radius 1 is 1.13 bits per heavy atom. The molecule has 2 aromatic rings. The van der Waals surface area contributed by atoms with Crippen LogP contribution in [0.25, 0.3) is 0 Å². The predicted octanol–water partition coefficient (Wildman–Crippen LogP) is 3.61. The molecule has 0 aromatic heterocycles. The Bertz CT molecular complexity index is 840. The van der Waals surface area contributed by atoms with Crippen LogP contribution in [-0.4, -0.2) is 22.6 Å². The summed E-state index contributed by atoms with van der Waals surface area (Å²) >= 11 is 6.07. The molecule has 0 fully saturated rings. The van der Waals surface area contributed by atoms with Gasteiger partial charge in [0.2, 0.25) is 0 Å². The molecule has 8 heteroatoms. The monoisotopic (exact) mass is 359 g/mol. The smallest absolute Gasteiger partial charge is 0.265 e. The number of nitrogens with one attached hydrogen (secondary N) is 1. The van der Waals surface area contributed by atoms with Gasteiger partial charge in [0.1, 0.15) is 10.7 Å². The van der Waals surface area contributed by atoms with Crippen molar-refractivity contribution in [1.82, 2.24) is 0 Å². The summed E-state index contributed by atoms with van der Waals surface area (Å²) in [4.78, 5) is -0.562. The van der Waals surface area contributed by atoms with Gasteiger partial charge in [0, 0.05) is 12.1 Å². The highest BCUT2D eigenvalue weighted by atomic mass is 35.5. The molecule has 5 nitrogen and oxygen atoms in total. The molecule has 0 heterocycles. The van der Waals surface area contributed by atoms with E-state index in [9.17, 15) is 12.8 Å². The van der Waals surface area contributed by atoms with Gasteiger partial charge in [-0.05, 0) is 18.6 Å². The highest BCUT2D eigenvalue weighted by Crippen LogP contribution is 2.33. The van der Waals surface area contributed by atoms with Crippen molar-refractivity contribution in [2.75, 3.05) is 18.9 Å². The lowest BCUT2D eigenvalue weighted by Gasteiger charge is -2.14. The van der Waals surface area contributed by atoms with E-state index in [0.29, 0.717) is 5.56 Å². The molecule has 0 aliphatic heterocycles. The van der Waals surface area contributed by atoms with E-state index in [1.807, 2.05) is 0 Å². The molecule has 0 radical (unpaired) electrons. The van der Waals surface area contributed by atoms with Gasteiger partial charge in [0.25, 0.3) is 10.0 Å². The molecule has 0 unspecified atom stereocenters. The third-order valence-electron chi connectivity index (χ3n) is 3.16. The molecule has 2 rings (SSSR count). The van der Waals surface area contributed by atoms with Crippen LogP contribution in [0.5, 0.6) is 11.5 Å². The Hall–Kier alpha value is -1.99. The fourth-order valence-corrected chi connectivity index (χ4v) is 3.34. The second-order valence-electron chi connectivity index (χ2n) is 4.68. The first kappa shape index (κ1) is 17.4. The summed E-state index contributed by atoms with van der Waals surface area (Å²) in [6, 6.07) is 6.87. The maximum Gasteiger partial charge on any atom is 0.265 e. The fourth-order valence-electron chi connectivity index (χ4n) is 1.97. The molecular weight excluding hydrogens is 345 g/mol. The fraction of sp³-hybridized carbons (Fsp3) is 0.200. The molecule has 0 amide bonds. The number of sulfonamides is 1. The van der Waals surface area contributed by atoms with E-state index < -0.39 is 20.7 Å². The van der Waals surface area contributed by atoms with Crippen molar-refractivity contribution >= 4 is 27.3 Å². The third-order valence-corrected chi connectivity index (χ3v) is 5.05. The third kappa shape index (κ3) is 3.51. The summed E-state index contributed by atoms with van der Waals surface area (Å²) in [6.45, 7) is 1.73. The van der Waals surface area contributed by atoms with Crippen molar-refractivity contribution < 1.29 is 22.3 Å². The quantitative estimate of drug-likeness (QED) is 0.885. The maximum absolute atomic E-state index is 14.1. The summed E-state index contributed by atoms with van der Waals surface area (Å²) in [5.74, 6) is -0.763. The number of rotatable bonds is 5. The van der Waals surface area contributed by atoms with Crippen molar-refractivity contribution in [2.24, 2.45) is 0 Å². The summed E-state index contributed by atoms with van der Waals surface area (Å²) in [5.41, 5.74) is 0.862. The van der Waals surface area contributed by atoms with Crippen molar-refractivity contribution in [3.05, 3.63) is 46.7 Å². The standard InChI is InChI=1S/C15H15ClFNO4S/c1-9-5-4-6-11(15(9)16)18-23(19,20)14-8-13(22-3)12(21-2)7-10(14)17/h4-8,18H,1-3H3. The minimum Gasteiger partial charge on any atom is -0.493 e. The van der Waals surface area contributed by atoms with E-state index in [4.69, 9.17) is 21.1 Å². The molecule has 0 saturated heterocycles. The molecule has 0 aliphatic carbocycles. The van der Waals surface area contributed by atoms with Gasteiger partial charge in [-0.1, -0.05) is 23.7 Å². The zero-order valence-electron chi connectivity index (χ0n) is 12.7. The Labute approximate surface area is 139 Å². The number of aryl methyl sites for hydroxylation is 1. The summed E-state index contributed by atoms with van der Waals surface area (Å²) < 4.78 is 51.3. The van der Waals surface area contributed by atoms with Gasteiger partial charge in [0.05, 0.1) is 24.9 Å². The highest BCUT2D eigenvalue weighted by Gasteiger charge is 2.23. The summed E-state index contributed by atoms with van der Waals surface area (Å²) in [7, 11) is -1.53. The second kappa shape index (κ2) is 6.64. The lowest BCUT2D eigenvalue weighted by Crippen LogP contribution is -2.15. The predicted molar refractivity (Wildman–Crippen MR) is 86.5 cm³/mol. The van der Waals surface area contributed by atoms with Crippen LogP contribution < -0.4 is 14.2 Å². The van der Waals surface area contributed by atoms with Crippen LogP contribution in [-0.2, 0) is 10.0 Å². The molecule has 0 atom stereocenters. The first-order chi connectivity index (χ1) is 10.8. The van der Waals surface area contributed by atoms with Crippen LogP contribution in [0.1, 0.15) is 5.56 Å². The van der Waals surface area contributed by atoms with E-state index in [1.54, 1.807) is 19.1 Å². The number of methoxy groups -OCH3 is 2. The first-order valence-corrected chi connectivity index (χ1v) is 8.35. The van der Waals surface area contributed by atoms with Crippen LogP contribution in [0.15, 0.2) is 35.2 Å². The van der Waals surface area contributed by atoms with Gasteiger partial charge in [-0.2, -0.15) is 0 Å². The second-order valence-corrected chi connectivity index (χ2v) is 6.71. The first-order valence-electron chi connectivity index (χ1n) is 6.49. The van der Waals surface area contributed by atoms with Gasteiger partial charge in [-0.3, -0.25) is 4.72 Å². The van der Waals surface area contributed by atoms with Gasteiger partial charge < -0.3 is 9.47 Å². The lowest BCUT2D eigenvalue weighted by atomic mass is 10.2. The normalized spacial score (nSPS) is 11.2. The van der Waals surface area contributed by atoms with E-state index >= 15 is 0 Å². The van der Waals surface area contributed by atoms with Gasteiger partial charge >= 0.3 is 0 Å². The molecule has 0 spiro atoms. The number of hydrogen-bond acceptors (Lipinski definition) is 4. The molecule has 0 bridgehead atoms. The minimum absolute atomic E-state index is 0.0949. The Morgan fingerprint density at radius 2 is 1.74 bits per heavy atom. The van der Waals surface area contributed by atoms with Gasteiger partial charge in [-0.15, -0.1) is 0 Å². The van der Waals surface area contributed by atoms with Crippen LogP contribution in [0.2, 0.25) is 5.02 Å². The minimum atomic E-state index is -4.19. The van der Waals surface area contributed by atoms with Gasteiger partial charge in [0.15, 0.2) is 11.5 Å². The topological polar surface area (TPSA) is 64.6 Å². The van der Waals surface area contributed by atoms with Crippen LogP contribution in [0.4, 0.5) is 10.1 Å². The average Bonchev–Trinajstić information content (AvgIpc) is 2.51. The summed E-state index contributed by atoms with van der Waals surface area (Å²) in [6.07, 6.45) is 0. The van der Waals surface area contributed by atoms with Crippen molar-refractivity contribution in [2.45, 2.75) is 11.8 Å². The molecule has 2 aromatic carbocycles. The Kier molecular flexibility index (Phi) is 5.01. The van der Waals surface area contributed by atoms with Crippen molar-refractivity contribution in [3.8, 4) is 11.5 Å². The van der Waals surface area contributed by atoms with E-state index in [1.165, 1.54) is 20.3 Å². The Morgan fingerprint density at radius 3 is 2.35 bits per heavy atom. The lowest BCUT2D eigenvalue weighted by molar-refractivity contribution is 0.350. The van der Waals surface area contributed by atoms with Crippen molar-refractivity contribution in [3.63, 3.8) is 0 Å².